The molecule has 0 radical (unpaired) electrons. The van der Waals surface area contributed by atoms with Gasteiger partial charge in [0.15, 0.2) is 0 Å². The Bertz CT molecular complexity index is 62.3. The van der Waals surface area contributed by atoms with Crippen molar-refractivity contribution < 1.29 is 0 Å². The number of rotatable bonds is 6. The van der Waals surface area contributed by atoms with Crippen LogP contribution in [0.3, 0.4) is 0 Å². The Hall–Kier alpha value is 0.310. The van der Waals surface area contributed by atoms with E-state index in [0.29, 0.717) is 0 Å². The smallest absolute Gasteiger partial charge is 0.00418 e. The summed E-state index contributed by atoms with van der Waals surface area (Å²) in [5.41, 5.74) is 5.38. The Morgan fingerprint density at radius 2 is 1.90 bits per heavy atom. The van der Waals surface area contributed by atoms with E-state index in [1.165, 1.54) is 25.0 Å². The van der Waals surface area contributed by atoms with Gasteiger partial charge in [-0.3, -0.25) is 0 Å². The zero-order valence-electron chi connectivity index (χ0n) is 7.10. The van der Waals surface area contributed by atoms with Crippen LogP contribution in [0.4, 0.5) is 0 Å². The maximum atomic E-state index is 5.38. The van der Waals surface area contributed by atoms with Crippen LogP contribution in [0, 0.1) is 0 Å². The van der Waals surface area contributed by atoms with Crippen LogP contribution in [0.2, 0.25) is 0 Å². The lowest BCUT2D eigenvalue weighted by molar-refractivity contribution is 0.789. The van der Waals surface area contributed by atoms with Crippen LogP contribution >= 0.6 is 11.8 Å². The van der Waals surface area contributed by atoms with Crippen molar-refractivity contribution in [1.29, 1.82) is 0 Å². The molecule has 2 heteroatoms. The molecule has 1 nitrogen and oxygen atoms in total. The third kappa shape index (κ3) is 5.12. The summed E-state index contributed by atoms with van der Waals surface area (Å²) in [5, 5.41) is 0.867. The minimum Gasteiger partial charge on any atom is -0.330 e. The van der Waals surface area contributed by atoms with Crippen LogP contribution in [0.5, 0.6) is 0 Å². The predicted octanol–water partition coefficient (Wildman–Crippen LogP) is 2.26. The summed E-state index contributed by atoms with van der Waals surface area (Å²) >= 11 is 2.07. The van der Waals surface area contributed by atoms with Gasteiger partial charge in [0.25, 0.3) is 0 Å². The molecule has 0 aliphatic rings. The molecule has 0 saturated carbocycles. The molecule has 0 aliphatic heterocycles. The van der Waals surface area contributed by atoms with Crippen molar-refractivity contribution in [2.45, 2.75) is 38.4 Å². The first-order valence-electron chi connectivity index (χ1n) is 4.16. The van der Waals surface area contributed by atoms with Crippen LogP contribution in [0.1, 0.15) is 33.1 Å². The molecule has 0 heterocycles. The number of thioether (sulfide) groups is 1. The highest BCUT2D eigenvalue weighted by Crippen LogP contribution is 2.17. The Morgan fingerprint density at radius 3 is 2.30 bits per heavy atom. The summed E-state index contributed by atoms with van der Waals surface area (Å²) in [5.74, 6) is 1.24. The average molecular weight is 161 g/mol. The molecule has 0 aliphatic carbocycles. The normalized spacial score (nSPS) is 10.8. The number of hydrogen-bond acceptors (Lipinski definition) is 2. The third-order valence-corrected chi connectivity index (χ3v) is 3.28. The molecule has 0 rings (SSSR count). The summed E-state index contributed by atoms with van der Waals surface area (Å²) in [6, 6.07) is 0. The predicted molar refractivity (Wildman–Crippen MR) is 50.5 cm³/mol. The molecule has 0 bridgehead atoms. The van der Waals surface area contributed by atoms with Gasteiger partial charge in [-0.2, -0.15) is 11.8 Å². The molecule has 0 atom stereocenters. The van der Waals surface area contributed by atoms with Crippen molar-refractivity contribution in [3.8, 4) is 0 Å². The highest BCUT2D eigenvalue weighted by atomic mass is 32.2. The minimum atomic E-state index is 0.840. The van der Waals surface area contributed by atoms with E-state index >= 15 is 0 Å². The van der Waals surface area contributed by atoms with Gasteiger partial charge in [0.1, 0.15) is 0 Å². The summed E-state index contributed by atoms with van der Waals surface area (Å²) in [6.07, 6.45) is 3.76. The van der Waals surface area contributed by atoms with Crippen molar-refractivity contribution in [3.05, 3.63) is 0 Å². The first kappa shape index (κ1) is 10.3. The molecule has 0 unspecified atom stereocenters. The van der Waals surface area contributed by atoms with Crippen molar-refractivity contribution in [2.24, 2.45) is 5.73 Å². The van der Waals surface area contributed by atoms with Crippen LogP contribution in [0.25, 0.3) is 0 Å². The van der Waals surface area contributed by atoms with Gasteiger partial charge < -0.3 is 5.73 Å². The van der Waals surface area contributed by atoms with Gasteiger partial charge >= 0.3 is 0 Å². The van der Waals surface area contributed by atoms with Crippen LogP contribution in [0.15, 0.2) is 0 Å². The SMILES string of the molecule is CCC(CC)SCCCN. The highest BCUT2D eigenvalue weighted by molar-refractivity contribution is 7.99. The van der Waals surface area contributed by atoms with E-state index in [4.69, 9.17) is 5.73 Å². The maximum absolute atomic E-state index is 5.38. The molecular formula is C8H19NS. The van der Waals surface area contributed by atoms with E-state index in [-0.39, 0.29) is 0 Å². The molecule has 10 heavy (non-hydrogen) atoms. The van der Waals surface area contributed by atoms with E-state index in [1.807, 2.05) is 0 Å². The van der Waals surface area contributed by atoms with Crippen LogP contribution < -0.4 is 5.73 Å². The van der Waals surface area contributed by atoms with E-state index in [0.717, 1.165) is 11.8 Å². The molecule has 0 aromatic rings. The Labute approximate surface area is 68.8 Å². The first-order valence-corrected chi connectivity index (χ1v) is 5.21. The van der Waals surface area contributed by atoms with Gasteiger partial charge in [0.2, 0.25) is 0 Å². The highest BCUT2D eigenvalue weighted by Gasteiger charge is 2.01. The van der Waals surface area contributed by atoms with Crippen molar-refractivity contribution in [3.63, 3.8) is 0 Å². The average Bonchev–Trinajstić information content (AvgIpc) is 1.99. The van der Waals surface area contributed by atoms with Crippen molar-refractivity contribution in [2.75, 3.05) is 12.3 Å². The van der Waals surface area contributed by atoms with Crippen molar-refractivity contribution in [1.82, 2.24) is 0 Å². The lowest BCUT2D eigenvalue weighted by atomic mass is 10.3. The minimum absolute atomic E-state index is 0.840. The monoisotopic (exact) mass is 161 g/mol. The van der Waals surface area contributed by atoms with Gasteiger partial charge in [0.05, 0.1) is 0 Å². The topological polar surface area (TPSA) is 26.0 Å². The fourth-order valence-electron chi connectivity index (χ4n) is 0.858. The van der Waals surface area contributed by atoms with Crippen LogP contribution in [-0.2, 0) is 0 Å². The molecule has 0 spiro atoms. The number of hydrogen-bond donors (Lipinski definition) is 1. The van der Waals surface area contributed by atoms with Gasteiger partial charge in [-0.05, 0) is 31.6 Å². The zero-order valence-corrected chi connectivity index (χ0v) is 7.91. The van der Waals surface area contributed by atoms with Gasteiger partial charge in [-0.1, -0.05) is 13.8 Å². The maximum Gasteiger partial charge on any atom is 0.00418 e. The molecule has 2 N–H and O–H groups in total. The lowest BCUT2D eigenvalue weighted by Gasteiger charge is -2.10. The Balaban J connectivity index is 3.09. The quantitative estimate of drug-likeness (QED) is 0.605. The van der Waals surface area contributed by atoms with Crippen LogP contribution in [-0.4, -0.2) is 17.5 Å². The second-order valence-electron chi connectivity index (χ2n) is 2.45. The lowest BCUT2D eigenvalue weighted by Crippen LogP contribution is -2.04. The fourth-order valence-corrected chi connectivity index (χ4v) is 2.00. The van der Waals surface area contributed by atoms with E-state index < -0.39 is 0 Å². The standard InChI is InChI=1S/C8H19NS/c1-3-8(4-2)10-7-5-6-9/h8H,3-7,9H2,1-2H3. The third-order valence-electron chi connectivity index (χ3n) is 1.61. The van der Waals surface area contributed by atoms with E-state index in [9.17, 15) is 0 Å². The van der Waals surface area contributed by atoms with E-state index in [1.54, 1.807) is 0 Å². The second-order valence-corrected chi connectivity index (χ2v) is 3.86. The summed E-state index contributed by atoms with van der Waals surface area (Å²) in [6.45, 7) is 5.35. The molecule has 0 saturated heterocycles. The largest absolute Gasteiger partial charge is 0.330 e. The summed E-state index contributed by atoms with van der Waals surface area (Å²) in [4.78, 5) is 0. The van der Waals surface area contributed by atoms with Gasteiger partial charge in [0, 0.05) is 5.25 Å². The van der Waals surface area contributed by atoms with Crippen molar-refractivity contribution >= 4 is 11.8 Å². The molecule has 0 aromatic heterocycles. The fraction of sp³-hybridized carbons (Fsp3) is 1.00. The Kier molecular flexibility index (Phi) is 7.65. The van der Waals surface area contributed by atoms with Gasteiger partial charge in [-0.25, -0.2) is 0 Å². The molecule has 0 fully saturated rings. The summed E-state index contributed by atoms with van der Waals surface area (Å²) < 4.78 is 0. The zero-order chi connectivity index (χ0) is 7.82. The molecule has 62 valence electrons. The molecule has 0 aromatic carbocycles. The second kappa shape index (κ2) is 7.42. The Morgan fingerprint density at radius 1 is 1.30 bits per heavy atom. The summed E-state index contributed by atoms with van der Waals surface area (Å²) in [7, 11) is 0. The van der Waals surface area contributed by atoms with Gasteiger partial charge in [-0.15, -0.1) is 0 Å². The molecule has 0 amide bonds. The number of nitrogens with two attached hydrogens (primary N) is 1. The first-order chi connectivity index (χ1) is 4.85. The molecular weight excluding hydrogens is 142 g/mol. The van der Waals surface area contributed by atoms with E-state index in [2.05, 4.69) is 25.6 Å².